The Morgan fingerprint density at radius 2 is 1.76 bits per heavy atom. The van der Waals surface area contributed by atoms with Gasteiger partial charge in [-0.1, -0.05) is 95.2 Å². The van der Waals surface area contributed by atoms with Crippen LogP contribution in [0.5, 0.6) is 0 Å². The molecule has 0 aromatic heterocycles. The van der Waals surface area contributed by atoms with Gasteiger partial charge in [0.1, 0.15) is 0 Å². The average Bonchev–Trinajstić information content (AvgIpc) is 3.39. The van der Waals surface area contributed by atoms with E-state index in [-0.39, 0.29) is 34.2 Å². The summed E-state index contributed by atoms with van der Waals surface area (Å²) in [6.07, 6.45) is 9.50. The number of hydrogen-bond donors (Lipinski definition) is 0. The van der Waals surface area contributed by atoms with E-state index < -0.39 is 5.41 Å². The fourth-order valence-corrected chi connectivity index (χ4v) is 9.66. The highest BCUT2D eigenvalue weighted by Crippen LogP contribution is 2.72. The fraction of sp³-hybridized carbons (Fsp3) is 0.500. The summed E-state index contributed by atoms with van der Waals surface area (Å²) >= 11 is 0. The van der Waals surface area contributed by atoms with Crippen LogP contribution in [0.3, 0.4) is 0 Å². The van der Waals surface area contributed by atoms with E-state index in [9.17, 15) is 9.59 Å². The lowest BCUT2D eigenvalue weighted by atomic mass is 9.37. The number of hydrogen-bond acceptors (Lipinski definition) is 2. The van der Waals surface area contributed by atoms with Crippen molar-refractivity contribution in [1.82, 2.24) is 0 Å². The molecule has 0 saturated heterocycles. The Morgan fingerprint density at radius 3 is 2.38 bits per heavy atom. The molecule has 0 heterocycles. The van der Waals surface area contributed by atoms with Crippen molar-refractivity contribution in [2.45, 2.75) is 107 Å². The van der Waals surface area contributed by atoms with Crippen molar-refractivity contribution in [1.29, 1.82) is 0 Å². The number of carbonyl (C=O) groups excluding carboxylic acids is 2. The molecular weight excluding hydrogens is 512 g/mol. The molecule has 0 N–H and O–H groups in total. The topological polar surface area (TPSA) is 34.1 Å². The molecule has 4 aliphatic carbocycles. The van der Waals surface area contributed by atoms with Crippen molar-refractivity contribution in [3.05, 3.63) is 98.7 Å². The molecule has 1 aromatic rings. The molecule has 5 rings (SSSR count). The molecule has 5 atom stereocenters. The summed E-state index contributed by atoms with van der Waals surface area (Å²) in [5.74, 6) is 0.346. The predicted molar refractivity (Wildman–Crippen MR) is 176 cm³/mol. The summed E-state index contributed by atoms with van der Waals surface area (Å²) in [4.78, 5) is 27.1. The maximum absolute atomic E-state index is 14.4. The van der Waals surface area contributed by atoms with Crippen molar-refractivity contribution in [3.63, 3.8) is 0 Å². The number of carbonyl (C=O) groups is 2. The molecular formula is C40H50O2. The van der Waals surface area contributed by atoms with Gasteiger partial charge in [-0.15, -0.1) is 0 Å². The molecule has 0 unspecified atom stereocenters. The van der Waals surface area contributed by atoms with Crippen LogP contribution in [0.25, 0.3) is 5.57 Å². The van der Waals surface area contributed by atoms with Gasteiger partial charge in [-0.3, -0.25) is 9.59 Å². The first-order valence-corrected chi connectivity index (χ1v) is 15.9. The van der Waals surface area contributed by atoms with Crippen molar-refractivity contribution in [2.24, 2.45) is 22.2 Å². The molecule has 2 heteroatoms. The molecule has 0 saturated carbocycles. The van der Waals surface area contributed by atoms with Gasteiger partial charge < -0.3 is 0 Å². The Kier molecular flexibility index (Phi) is 7.28. The zero-order chi connectivity index (χ0) is 31.1. The van der Waals surface area contributed by atoms with Gasteiger partial charge in [0.05, 0.1) is 11.0 Å². The van der Waals surface area contributed by atoms with Gasteiger partial charge in [-0.05, 0) is 122 Å². The van der Waals surface area contributed by atoms with E-state index >= 15 is 0 Å². The number of benzene rings is 1. The van der Waals surface area contributed by atoms with Crippen LogP contribution in [0.15, 0.2) is 76.5 Å². The zero-order valence-electron chi connectivity index (χ0n) is 27.7. The highest BCUT2D eigenvalue weighted by molar-refractivity contribution is 6.23. The van der Waals surface area contributed by atoms with Gasteiger partial charge in [0.25, 0.3) is 0 Å². The third-order valence-electron chi connectivity index (χ3n) is 12.7. The molecule has 0 radical (unpaired) electrons. The molecule has 0 amide bonds. The number of allylic oxidation sites excluding steroid dienone is 10. The van der Waals surface area contributed by atoms with Crippen molar-refractivity contribution in [2.75, 3.05) is 0 Å². The summed E-state index contributed by atoms with van der Waals surface area (Å²) < 4.78 is 0. The number of fused-ring (bicyclic) bond motifs is 3. The molecule has 42 heavy (non-hydrogen) atoms. The van der Waals surface area contributed by atoms with Crippen LogP contribution in [-0.4, -0.2) is 11.6 Å². The van der Waals surface area contributed by atoms with E-state index in [1.165, 1.54) is 44.5 Å². The summed E-state index contributed by atoms with van der Waals surface area (Å²) in [6, 6.07) is 4.71. The second kappa shape index (κ2) is 10.0. The minimum absolute atomic E-state index is 0.00184. The van der Waals surface area contributed by atoms with Crippen LogP contribution in [-0.2, 0) is 16.0 Å². The van der Waals surface area contributed by atoms with Crippen molar-refractivity contribution >= 4 is 17.1 Å². The Hall–Kier alpha value is -3.00. The van der Waals surface area contributed by atoms with E-state index in [1.807, 2.05) is 6.92 Å². The fourth-order valence-electron chi connectivity index (χ4n) is 9.66. The summed E-state index contributed by atoms with van der Waals surface area (Å²) in [7, 11) is 0. The second-order valence-corrected chi connectivity index (χ2v) is 14.5. The van der Waals surface area contributed by atoms with Crippen LogP contribution >= 0.6 is 0 Å². The average molecular weight is 563 g/mol. The molecule has 4 aliphatic rings. The first-order valence-electron chi connectivity index (χ1n) is 15.9. The van der Waals surface area contributed by atoms with Crippen LogP contribution in [0.4, 0.5) is 0 Å². The first-order chi connectivity index (χ1) is 19.6. The summed E-state index contributed by atoms with van der Waals surface area (Å²) in [6.45, 7) is 30.8. The molecule has 2 nitrogen and oxygen atoms in total. The molecule has 0 aliphatic heterocycles. The third-order valence-corrected chi connectivity index (χ3v) is 12.7. The lowest BCUT2D eigenvalue weighted by Gasteiger charge is -2.65. The monoisotopic (exact) mass is 562 g/mol. The summed E-state index contributed by atoms with van der Waals surface area (Å²) in [5.41, 5.74) is 12.8. The lowest BCUT2D eigenvalue weighted by molar-refractivity contribution is -0.139. The maximum atomic E-state index is 14.4. The predicted octanol–water partition coefficient (Wildman–Crippen LogP) is 10.1. The van der Waals surface area contributed by atoms with E-state index in [1.54, 1.807) is 6.92 Å². The normalized spacial score (nSPS) is 32.3. The number of rotatable bonds is 6. The Bertz CT molecular complexity index is 1580. The highest BCUT2D eigenvalue weighted by atomic mass is 16.1. The molecule has 1 aromatic carbocycles. The van der Waals surface area contributed by atoms with Gasteiger partial charge in [0.15, 0.2) is 11.6 Å². The van der Waals surface area contributed by atoms with Crippen molar-refractivity contribution < 1.29 is 9.59 Å². The number of Topliss-reactive ketones (excluding diaryl/α,β-unsaturated/α-hetero) is 2. The lowest BCUT2D eigenvalue weighted by Crippen LogP contribution is -2.61. The largest absolute Gasteiger partial charge is 0.294 e. The molecule has 0 bridgehead atoms. The molecule has 222 valence electrons. The number of ketones is 2. The smallest absolute Gasteiger partial charge is 0.176 e. The van der Waals surface area contributed by atoms with E-state index in [0.29, 0.717) is 5.57 Å². The maximum Gasteiger partial charge on any atom is 0.176 e. The van der Waals surface area contributed by atoms with Gasteiger partial charge in [-0.25, -0.2) is 0 Å². The van der Waals surface area contributed by atoms with Gasteiger partial charge in [-0.2, -0.15) is 0 Å². The van der Waals surface area contributed by atoms with Crippen molar-refractivity contribution in [3.8, 4) is 0 Å². The van der Waals surface area contributed by atoms with Crippen LogP contribution in [0.1, 0.15) is 116 Å². The quantitative estimate of drug-likeness (QED) is 0.323. The molecule has 0 spiro atoms. The SMILES string of the molecule is C=C(CCC)C1=CCC(Cc2ccc3c(c2C)C(=C)C2=C(C)[C@@]4(C)C(=O)C(C(C)=O)=C(C)C[C@@]4(C)[C@H](C)[C@@]2(C)[C@@H]3C)=C1. The second-order valence-electron chi connectivity index (χ2n) is 14.5. The van der Waals surface area contributed by atoms with Crippen LogP contribution in [0, 0.1) is 29.1 Å². The molecule has 0 fully saturated rings. The van der Waals surface area contributed by atoms with E-state index in [0.717, 1.165) is 48.8 Å². The van der Waals surface area contributed by atoms with E-state index in [2.05, 4.69) is 86.3 Å². The third kappa shape index (κ3) is 3.82. The van der Waals surface area contributed by atoms with Gasteiger partial charge in [0, 0.05) is 5.41 Å². The van der Waals surface area contributed by atoms with Gasteiger partial charge >= 0.3 is 0 Å². The Labute approximate surface area is 254 Å². The Balaban J connectivity index is 1.64. The van der Waals surface area contributed by atoms with E-state index in [4.69, 9.17) is 6.58 Å². The minimum atomic E-state index is -0.759. The summed E-state index contributed by atoms with van der Waals surface area (Å²) in [5, 5.41) is 0. The van der Waals surface area contributed by atoms with Crippen LogP contribution < -0.4 is 0 Å². The first kappa shape index (κ1) is 30.5. The van der Waals surface area contributed by atoms with Gasteiger partial charge in [0.2, 0.25) is 0 Å². The zero-order valence-corrected chi connectivity index (χ0v) is 27.7. The highest BCUT2D eigenvalue weighted by Gasteiger charge is 2.67. The van der Waals surface area contributed by atoms with Crippen LogP contribution in [0.2, 0.25) is 0 Å². The standard InChI is InChI=1S/C40H50O2/c1-13-14-22(2)31-16-15-30(19-31)20-32-17-18-33-26(6)39(11)29(9)38(10)21-23(3)34(28(8)41)37(42)40(38,12)27(7)36(39)25(5)35(33)24(32)4/h16-19,26,29H,2,5,13-15,20-21H2,1,3-4,6-12H3/t26-,29+,38+,39-,40+/m1/s1. The minimum Gasteiger partial charge on any atom is -0.294 e. The Morgan fingerprint density at radius 1 is 1.10 bits per heavy atom.